The first-order chi connectivity index (χ1) is 10.7. The molecule has 0 spiro atoms. The van der Waals surface area contributed by atoms with E-state index >= 15 is 0 Å². The second kappa shape index (κ2) is 6.88. The summed E-state index contributed by atoms with van der Waals surface area (Å²) in [5, 5.41) is 2.83. The molecule has 1 fully saturated rings. The molecule has 0 unspecified atom stereocenters. The first-order valence-electron chi connectivity index (χ1n) is 7.84. The van der Waals surface area contributed by atoms with Crippen LogP contribution in [0.4, 0.5) is 4.79 Å². The third-order valence-electron chi connectivity index (χ3n) is 4.05. The van der Waals surface area contributed by atoms with Crippen molar-refractivity contribution in [2.75, 3.05) is 26.2 Å². The van der Waals surface area contributed by atoms with Crippen LogP contribution in [0, 0.1) is 13.8 Å². The van der Waals surface area contributed by atoms with Gasteiger partial charge in [-0.2, -0.15) is 4.31 Å². The fourth-order valence-corrected chi connectivity index (χ4v) is 4.00. The number of nitrogens with zero attached hydrogens (tertiary/aromatic N) is 2. The van der Waals surface area contributed by atoms with Gasteiger partial charge in [0.05, 0.1) is 4.90 Å². The van der Waals surface area contributed by atoms with Crippen LogP contribution >= 0.6 is 0 Å². The van der Waals surface area contributed by atoms with Crippen molar-refractivity contribution in [3.8, 4) is 0 Å². The Hall–Kier alpha value is -1.60. The summed E-state index contributed by atoms with van der Waals surface area (Å²) in [7, 11) is -3.50. The van der Waals surface area contributed by atoms with Crippen LogP contribution in [0.1, 0.15) is 25.0 Å². The maximum Gasteiger partial charge on any atom is 0.317 e. The molecule has 23 heavy (non-hydrogen) atoms. The number of aryl methyl sites for hydroxylation is 2. The van der Waals surface area contributed by atoms with E-state index in [1.807, 2.05) is 33.8 Å². The van der Waals surface area contributed by atoms with Crippen molar-refractivity contribution >= 4 is 16.1 Å². The molecule has 0 radical (unpaired) electrons. The second-order valence-electron chi connectivity index (χ2n) is 6.24. The van der Waals surface area contributed by atoms with Crippen LogP contribution in [0.5, 0.6) is 0 Å². The van der Waals surface area contributed by atoms with Gasteiger partial charge in [0.2, 0.25) is 10.0 Å². The molecule has 1 saturated heterocycles. The summed E-state index contributed by atoms with van der Waals surface area (Å²) in [6, 6.07) is 5.12. The summed E-state index contributed by atoms with van der Waals surface area (Å²) < 4.78 is 26.9. The van der Waals surface area contributed by atoms with E-state index in [1.54, 1.807) is 17.0 Å². The molecule has 0 atom stereocenters. The fraction of sp³-hybridized carbons (Fsp3) is 0.562. The number of nitrogens with one attached hydrogen (secondary N) is 1. The van der Waals surface area contributed by atoms with Crippen molar-refractivity contribution in [2.24, 2.45) is 0 Å². The van der Waals surface area contributed by atoms with Gasteiger partial charge in [0.1, 0.15) is 0 Å². The average molecular weight is 339 g/mol. The average Bonchev–Trinajstić information content (AvgIpc) is 2.49. The first-order valence-corrected chi connectivity index (χ1v) is 9.28. The van der Waals surface area contributed by atoms with Gasteiger partial charge in [0.25, 0.3) is 0 Å². The minimum atomic E-state index is -3.50. The molecule has 1 aliphatic heterocycles. The summed E-state index contributed by atoms with van der Waals surface area (Å²) in [4.78, 5) is 13.9. The smallest absolute Gasteiger partial charge is 0.317 e. The highest BCUT2D eigenvalue weighted by Gasteiger charge is 2.30. The third kappa shape index (κ3) is 4.03. The Labute approximate surface area is 138 Å². The van der Waals surface area contributed by atoms with E-state index in [0.717, 1.165) is 11.1 Å². The van der Waals surface area contributed by atoms with E-state index in [4.69, 9.17) is 0 Å². The van der Waals surface area contributed by atoms with Crippen LogP contribution < -0.4 is 5.32 Å². The minimum Gasteiger partial charge on any atom is -0.336 e. The second-order valence-corrected chi connectivity index (χ2v) is 8.18. The molecule has 7 heteroatoms. The zero-order chi connectivity index (χ0) is 17.2. The molecule has 1 aliphatic rings. The molecule has 1 N–H and O–H groups in total. The van der Waals surface area contributed by atoms with Crippen LogP contribution in [-0.4, -0.2) is 55.9 Å². The van der Waals surface area contributed by atoms with Gasteiger partial charge in [-0.1, -0.05) is 6.07 Å². The molecule has 0 saturated carbocycles. The summed E-state index contributed by atoms with van der Waals surface area (Å²) in [5.41, 5.74) is 2.03. The van der Waals surface area contributed by atoms with E-state index in [2.05, 4.69) is 5.32 Å². The fourth-order valence-electron chi connectivity index (χ4n) is 2.49. The molecule has 1 heterocycles. The van der Waals surface area contributed by atoms with Crippen LogP contribution in [0.2, 0.25) is 0 Å². The molecule has 1 aromatic rings. The Morgan fingerprint density at radius 3 is 2.22 bits per heavy atom. The molecular weight excluding hydrogens is 314 g/mol. The third-order valence-corrected chi connectivity index (χ3v) is 5.95. The zero-order valence-electron chi connectivity index (χ0n) is 14.2. The van der Waals surface area contributed by atoms with Gasteiger partial charge >= 0.3 is 6.03 Å². The lowest BCUT2D eigenvalue weighted by atomic mass is 10.1. The summed E-state index contributed by atoms with van der Waals surface area (Å²) in [6.07, 6.45) is 0. The topological polar surface area (TPSA) is 69.7 Å². The number of urea groups is 1. The molecule has 1 aromatic carbocycles. The lowest BCUT2D eigenvalue weighted by molar-refractivity contribution is 0.170. The Morgan fingerprint density at radius 1 is 1.09 bits per heavy atom. The van der Waals surface area contributed by atoms with Gasteiger partial charge in [0, 0.05) is 32.2 Å². The Morgan fingerprint density at radius 2 is 1.70 bits per heavy atom. The SMILES string of the molecule is Cc1ccc(S(=O)(=O)N2CCN(C(=O)NC(C)C)CC2)cc1C. The lowest BCUT2D eigenvalue weighted by Gasteiger charge is -2.34. The van der Waals surface area contributed by atoms with E-state index in [0.29, 0.717) is 31.1 Å². The predicted octanol–water partition coefficient (Wildman–Crippen LogP) is 1.73. The van der Waals surface area contributed by atoms with Crippen molar-refractivity contribution in [3.05, 3.63) is 29.3 Å². The Balaban J connectivity index is 2.06. The summed E-state index contributed by atoms with van der Waals surface area (Å²) >= 11 is 0. The maximum atomic E-state index is 12.7. The van der Waals surface area contributed by atoms with Gasteiger partial charge < -0.3 is 10.2 Å². The van der Waals surface area contributed by atoms with Crippen LogP contribution in [-0.2, 0) is 10.0 Å². The highest BCUT2D eigenvalue weighted by atomic mass is 32.2. The molecule has 128 valence electrons. The van der Waals surface area contributed by atoms with E-state index < -0.39 is 10.0 Å². The monoisotopic (exact) mass is 339 g/mol. The number of amides is 2. The molecule has 0 bridgehead atoms. The quantitative estimate of drug-likeness (QED) is 0.912. The molecule has 2 amide bonds. The number of benzene rings is 1. The first kappa shape index (κ1) is 17.7. The van der Waals surface area contributed by atoms with Crippen molar-refractivity contribution in [2.45, 2.75) is 38.6 Å². The van der Waals surface area contributed by atoms with Gasteiger partial charge in [-0.3, -0.25) is 0 Å². The molecule has 2 rings (SSSR count). The molecule has 6 nitrogen and oxygen atoms in total. The van der Waals surface area contributed by atoms with Crippen LogP contribution in [0.25, 0.3) is 0 Å². The van der Waals surface area contributed by atoms with Gasteiger partial charge in [-0.05, 0) is 51.0 Å². The van der Waals surface area contributed by atoms with Crippen LogP contribution in [0.3, 0.4) is 0 Å². The molecular formula is C16H25N3O3S. The number of rotatable bonds is 3. The van der Waals surface area contributed by atoms with Crippen LogP contribution in [0.15, 0.2) is 23.1 Å². The number of hydrogen-bond donors (Lipinski definition) is 1. The summed E-state index contributed by atoms with van der Waals surface area (Å²) in [5.74, 6) is 0. The number of piperazine rings is 1. The number of sulfonamides is 1. The number of hydrogen-bond acceptors (Lipinski definition) is 3. The van der Waals surface area contributed by atoms with Crippen molar-refractivity contribution in [1.29, 1.82) is 0 Å². The van der Waals surface area contributed by atoms with E-state index in [9.17, 15) is 13.2 Å². The van der Waals surface area contributed by atoms with Gasteiger partial charge in [-0.25, -0.2) is 13.2 Å². The zero-order valence-corrected chi connectivity index (χ0v) is 15.0. The highest BCUT2D eigenvalue weighted by molar-refractivity contribution is 7.89. The van der Waals surface area contributed by atoms with Gasteiger partial charge in [-0.15, -0.1) is 0 Å². The largest absolute Gasteiger partial charge is 0.336 e. The number of carbonyl (C=O) groups is 1. The summed E-state index contributed by atoms with van der Waals surface area (Å²) in [6.45, 7) is 9.11. The van der Waals surface area contributed by atoms with E-state index in [1.165, 1.54) is 4.31 Å². The van der Waals surface area contributed by atoms with Gasteiger partial charge in [0.15, 0.2) is 0 Å². The Kier molecular flexibility index (Phi) is 5.31. The highest BCUT2D eigenvalue weighted by Crippen LogP contribution is 2.20. The Bertz CT molecular complexity index is 678. The molecule has 0 aliphatic carbocycles. The normalized spacial score (nSPS) is 16.7. The van der Waals surface area contributed by atoms with Crippen molar-refractivity contribution in [3.63, 3.8) is 0 Å². The number of carbonyl (C=O) groups excluding carboxylic acids is 1. The standard InChI is InChI=1S/C16H25N3O3S/c1-12(2)17-16(20)18-7-9-19(10-8-18)23(21,22)15-6-5-13(3)14(4)11-15/h5-6,11-12H,7-10H2,1-4H3,(H,17,20). The van der Waals surface area contributed by atoms with Crippen molar-refractivity contribution in [1.82, 2.24) is 14.5 Å². The predicted molar refractivity (Wildman–Crippen MR) is 89.9 cm³/mol. The lowest BCUT2D eigenvalue weighted by Crippen LogP contribution is -2.53. The maximum absolute atomic E-state index is 12.7. The van der Waals surface area contributed by atoms with E-state index in [-0.39, 0.29) is 12.1 Å². The van der Waals surface area contributed by atoms with Crippen molar-refractivity contribution < 1.29 is 13.2 Å². The minimum absolute atomic E-state index is 0.0693. The molecule has 0 aromatic heterocycles.